The van der Waals surface area contributed by atoms with E-state index in [2.05, 4.69) is 38.3 Å². The maximum absolute atomic E-state index is 12.2. The molecule has 3 nitrogen and oxygen atoms in total. The number of hydrogen-bond acceptors (Lipinski definition) is 3. The molecule has 0 radical (unpaired) electrons. The highest BCUT2D eigenvalue weighted by Crippen LogP contribution is 2.20. The largest absolute Gasteiger partial charge is 0.352 e. The smallest absolute Gasteiger partial charge is 0.233 e. The zero-order valence-corrected chi connectivity index (χ0v) is 13.5. The van der Waals surface area contributed by atoms with Gasteiger partial charge in [0.1, 0.15) is 0 Å². The van der Waals surface area contributed by atoms with E-state index in [1.807, 2.05) is 0 Å². The fourth-order valence-electron chi connectivity index (χ4n) is 2.24. The molecule has 0 aromatic carbocycles. The summed E-state index contributed by atoms with van der Waals surface area (Å²) >= 11 is 1.75. The van der Waals surface area contributed by atoms with Crippen molar-refractivity contribution in [3.05, 3.63) is 0 Å². The highest BCUT2D eigenvalue weighted by molar-refractivity contribution is 8.00. The molecule has 1 aliphatic heterocycles. The number of carbonyl (C=O) groups excluding carboxylic acids is 1. The number of carbonyl (C=O) groups is 1. The maximum atomic E-state index is 12.2. The summed E-state index contributed by atoms with van der Waals surface area (Å²) in [5, 5.41) is 6.69. The normalized spacial score (nSPS) is 25.4. The Hall–Kier alpha value is 0.0700. The second-order valence-electron chi connectivity index (χ2n) is 5.21. The molecule has 0 aliphatic carbocycles. The number of piperidine rings is 1. The quantitative estimate of drug-likeness (QED) is 0.817. The summed E-state index contributed by atoms with van der Waals surface area (Å²) < 4.78 is 0. The molecular formula is C13H27ClN2OS. The molecule has 18 heavy (non-hydrogen) atoms. The van der Waals surface area contributed by atoms with Crippen molar-refractivity contribution in [2.24, 2.45) is 11.8 Å². The average Bonchev–Trinajstić information content (AvgIpc) is 2.28. The number of halogens is 1. The summed E-state index contributed by atoms with van der Waals surface area (Å²) in [5.74, 6) is 2.16. The van der Waals surface area contributed by atoms with Crippen LogP contribution in [-0.4, -0.2) is 36.0 Å². The summed E-state index contributed by atoms with van der Waals surface area (Å²) in [6.07, 6.45) is 1.05. The molecule has 0 bridgehead atoms. The minimum atomic E-state index is 0. The molecule has 1 fully saturated rings. The maximum Gasteiger partial charge on any atom is 0.233 e. The standard InChI is InChI=1S/C13H26N2OS.ClH/c1-5-17-12(9(2)3)13(16)15-11-6-7-14-8-10(11)4;/h9-12,14H,5-8H2,1-4H3,(H,15,16);1H. The Kier molecular flexibility index (Phi) is 9.09. The van der Waals surface area contributed by atoms with E-state index in [4.69, 9.17) is 0 Å². The fourth-order valence-corrected chi connectivity index (χ4v) is 3.21. The van der Waals surface area contributed by atoms with Gasteiger partial charge in [-0.25, -0.2) is 0 Å². The molecule has 108 valence electrons. The van der Waals surface area contributed by atoms with Gasteiger partial charge in [0.2, 0.25) is 5.91 Å². The zero-order chi connectivity index (χ0) is 12.8. The van der Waals surface area contributed by atoms with Crippen LogP contribution in [0.5, 0.6) is 0 Å². The average molecular weight is 295 g/mol. The monoisotopic (exact) mass is 294 g/mol. The van der Waals surface area contributed by atoms with Crippen LogP contribution in [0.3, 0.4) is 0 Å². The summed E-state index contributed by atoms with van der Waals surface area (Å²) in [6.45, 7) is 10.6. The molecule has 1 saturated heterocycles. The molecule has 1 amide bonds. The van der Waals surface area contributed by atoms with E-state index in [9.17, 15) is 4.79 Å². The van der Waals surface area contributed by atoms with Crippen LogP contribution in [0.2, 0.25) is 0 Å². The van der Waals surface area contributed by atoms with Gasteiger partial charge in [-0.1, -0.05) is 27.7 Å². The number of hydrogen-bond donors (Lipinski definition) is 2. The number of thioether (sulfide) groups is 1. The second-order valence-corrected chi connectivity index (χ2v) is 6.62. The molecule has 3 atom stereocenters. The molecule has 1 heterocycles. The highest BCUT2D eigenvalue weighted by atomic mass is 35.5. The summed E-state index contributed by atoms with van der Waals surface area (Å²) in [5.41, 5.74) is 0. The highest BCUT2D eigenvalue weighted by Gasteiger charge is 2.27. The fraction of sp³-hybridized carbons (Fsp3) is 0.923. The Morgan fingerprint density at radius 3 is 2.67 bits per heavy atom. The van der Waals surface area contributed by atoms with Crippen LogP contribution in [0.1, 0.15) is 34.1 Å². The van der Waals surface area contributed by atoms with Crippen LogP contribution in [-0.2, 0) is 4.79 Å². The predicted molar refractivity (Wildman–Crippen MR) is 82.6 cm³/mol. The van der Waals surface area contributed by atoms with Crippen molar-refractivity contribution in [3.8, 4) is 0 Å². The van der Waals surface area contributed by atoms with Gasteiger partial charge in [0.25, 0.3) is 0 Å². The lowest BCUT2D eigenvalue weighted by Gasteiger charge is -2.32. The third kappa shape index (κ3) is 5.37. The van der Waals surface area contributed by atoms with Crippen molar-refractivity contribution in [3.63, 3.8) is 0 Å². The molecule has 5 heteroatoms. The van der Waals surface area contributed by atoms with Gasteiger partial charge in [0, 0.05) is 6.04 Å². The van der Waals surface area contributed by atoms with Crippen LogP contribution in [0, 0.1) is 11.8 Å². The van der Waals surface area contributed by atoms with Crippen LogP contribution in [0.25, 0.3) is 0 Å². The minimum absolute atomic E-state index is 0. The van der Waals surface area contributed by atoms with E-state index in [0.717, 1.165) is 25.3 Å². The molecule has 0 aromatic heterocycles. The number of rotatable bonds is 5. The van der Waals surface area contributed by atoms with E-state index in [1.54, 1.807) is 11.8 Å². The van der Waals surface area contributed by atoms with Gasteiger partial charge >= 0.3 is 0 Å². The summed E-state index contributed by atoms with van der Waals surface area (Å²) in [6, 6.07) is 0.349. The van der Waals surface area contributed by atoms with E-state index < -0.39 is 0 Å². The van der Waals surface area contributed by atoms with Gasteiger partial charge in [-0.2, -0.15) is 0 Å². The van der Waals surface area contributed by atoms with Crippen molar-refractivity contribution < 1.29 is 4.79 Å². The Balaban J connectivity index is 0.00000289. The topological polar surface area (TPSA) is 41.1 Å². The van der Waals surface area contributed by atoms with Crippen LogP contribution < -0.4 is 10.6 Å². The van der Waals surface area contributed by atoms with Crippen molar-refractivity contribution >= 4 is 30.1 Å². The van der Waals surface area contributed by atoms with Gasteiger partial charge in [-0.3, -0.25) is 4.79 Å². The molecule has 2 N–H and O–H groups in total. The Morgan fingerprint density at radius 1 is 1.50 bits per heavy atom. The van der Waals surface area contributed by atoms with Gasteiger partial charge in [-0.15, -0.1) is 24.2 Å². The van der Waals surface area contributed by atoms with Gasteiger partial charge in [-0.05, 0) is 37.1 Å². The lowest BCUT2D eigenvalue weighted by atomic mass is 9.95. The van der Waals surface area contributed by atoms with Crippen molar-refractivity contribution in [1.82, 2.24) is 10.6 Å². The molecule has 1 aliphatic rings. The third-order valence-electron chi connectivity index (χ3n) is 3.32. The number of nitrogens with one attached hydrogen (secondary N) is 2. The van der Waals surface area contributed by atoms with Crippen molar-refractivity contribution in [1.29, 1.82) is 0 Å². The van der Waals surface area contributed by atoms with Gasteiger partial charge < -0.3 is 10.6 Å². The molecule has 0 spiro atoms. The molecule has 0 saturated carbocycles. The van der Waals surface area contributed by atoms with Crippen LogP contribution >= 0.6 is 24.2 Å². The first kappa shape index (κ1) is 18.1. The van der Waals surface area contributed by atoms with E-state index in [-0.39, 0.29) is 23.6 Å². The van der Waals surface area contributed by atoms with E-state index in [0.29, 0.717) is 17.9 Å². The first-order chi connectivity index (χ1) is 8.06. The SMILES string of the molecule is CCSC(C(=O)NC1CCNCC1C)C(C)C.Cl. The van der Waals surface area contributed by atoms with Gasteiger partial charge in [0.15, 0.2) is 0 Å². The Labute approximate surface area is 122 Å². The summed E-state index contributed by atoms with van der Waals surface area (Å²) in [4.78, 5) is 12.2. The minimum Gasteiger partial charge on any atom is -0.352 e. The third-order valence-corrected chi connectivity index (χ3v) is 4.77. The van der Waals surface area contributed by atoms with E-state index >= 15 is 0 Å². The van der Waals surface area contributed by atoms with Crippen molar-refractivity contribution in [2.45, 2.75) is 45.4 Å². The molecule has 1 rings (SSSR count). The lowest BCUT2D eigenvalue weighted by molar-refractivity contribution is -0.122. The van der Waals surface area contributed by atoms with Crippen molar-refractivity contribution in [2.75, 3.05) is 18.8 Å². The Bertz CT molecular complexity index is 251. The predicted octanol–water partition coefficient (Wildman–Crippen LogP) is 2.30. The summed E-state index contributed by atoms with van der Waals surface area (Å²) in [7, 11) is 0. The first-order valence-electron chi connectivity index (χ1n) is 6.69. The Morgan fingerprint density at radius 2 is 2.17 bits per heavy atom. The lowest BCUT2D eigenvalue weighted by Crippen LogP contribution is -2.51. The van der Waals surface area contributed by atoms with Crippen LogP contribution in [0.15, 0.2) is 0 Å². The number of amides is 1. The molecular weight excluding hydrogens is 268 g/mol. The van der Waals surface area contributed by atoms with Crippen LogP contribution in [0.4, 0.5) is 0 Å². The second kappa shape index (κ2) is 9.05. The molecule has 0 aromatic rings. The molecule has 3 unspecified atom stereocenters. The van der Waals surface area contributed by atoms with E-state index in [1.165, 1.54) is 0 Å². The first-order valence-corrected chi connectivity index (χ1v) is 7.73. The zero-order valence-electron chi connectivity index (χ0n) is 11.9. The van der Waals surface area contributed by atoms with Gasteiger partial charge in [0.05, 0.1) is 5.25 Å².